The molecule has 1 saturated carbocycles. The van der Waals surface area contributed by atoms with Crippen LogP contribution in [-0.4, -0.2) is 31.8 Å². The Hall–Kier alpha value is -1.13. The molecule has 106 valence electrons. The SMILES string of the molecule is Cc1cc(N(C)CCOCC2CC2)c(CN)c(C)n1. The standard InChI is InChI=1S/C15H25N3O/c1-11-8-15(14(9-16)12(2)17-11)18(3)6-7-19-10-13-4-5-13/h8,13H,4-7,9-10,16H2,1-3H3. The lowest BCUT2D eigenvalue weighted by atomic mass is 10.1. The van der Waals surface area contributed by atoms with Gasteiger partial charge in [-0.05, 0) is 38.7 Å². The zero-order chi connectivity index (χ0) is 13.8. The third-order valence-corrected chi connectivity index (χ3v) is 3.67. The number of nitrogens with two attached hydrogens (primary N) is 1. The molecule has 1 fully saturated rings. The Labute approximate surface area is 116 Å². The molecule has 1 aliphatic rings. The molecule has 0 radical (unpaired) electrons. The average Bonchev–Trinajstić information content (AvgIpc) is 3.17. The van der Waals surface area contributed by atoms with E-state index in [1.807, 2.05) is 13.8 Å². The topological polar surface area (TPSA) is 51.4 Å². The van der Waals surface area contributed by atoms with E-state index in [1.165, 1.54) is 18.5 Å². The summed E-state index contributed by atoms with van der Waals surface area (Å²) < 4.78 is 5.70. The van der Waals surface area contributed by atoms with E-state index in [2.05, 4.69) is 23.0 Å². The maximum Gasteiger partial charge on any atom is 0.0641 e. The highest BCUT2D eigenvalue weighted by molar-refractivity contribution is 5.55. The van der Waals surface area contributed by atoms with Crippen molar-refractivity contribution >= 4 is 5.69 Å². The number of rotatable bonds is 7. The molecule has 1 aromatic heterocycles. The van der Waals surface area contributed by atoms with Crippen LogP contribution in [0.15, 0.2) is 6.07 Å². The fourth-order valence-corrected chi connectivity index (χ4v) is 2.28. The van der Waals surface area contributed by atoms with E-state index in [0.29, 0.717) is 6.54 Å². The second-order valence-electron chi connectivity index (χ2n) is 5.49. The van der Waals surface area contributed by atoms with Crippen LogP contribution in [-0.2, 0) is 11.3 Å². The maximum absolute atomic E-state index is 5.84. The summed E-state index contributed by atoms with van der Waals surface area (Å²) in [5, 5.41) is 0. The van der Waals surface area contributed by atoms with Crippen molar-refractivity contribution < 1.29 is 4.74 Å². The normalized spacial score (nSPS) is 14.7. The molecule has 0 aromatic carbocycles. The monoisotopic (exact) mass is 263 g/mol. The maximum atomic E-state index is 5.84. The summed E-state index contributed by atoms with van der Waals surface area (Å²) in [5.74, 6) is 0.829. The van der Waals surface area contributed by atoms with Gasteiger partial charge in [-0.3, -0.25) is 4.98 Å². The van der Waals surface area contributed by atoms with Gasteiger partial charge in [0.2, 0.25) is 0 Å². The molecule has 1 aromatic rings. The summed E-state index contributed by atoms with van der Waals surface area (Å²) >= 11 is 0. The van der Waals surface area contributed by atoms with Gasteiger partial charge in [0, 0.05) is 49.4 Å². The van der Waals surface area contributed by atoms with Crippen LogP contribution in [0.2, 0.25) is 0 Å². The highest BCUT2D eigenvalue weighted by Gasteiger charge is 2.21. The number of ether oxygens (including phenoxy) is 1. The van der Waals surface area contributed by atoms with Gasteiger partial charge in [-0.2, -0.15) is 0 Å². The van der Waals surface area contributed by atoms with Gasteiger partial charge >= 0.3 is 0 Å². The van der Waals surface area contributed by atoms with Crippen molar-refractivity contribution in [2.75, 3.05) is 31.7 Å². The predicted octanol–water partition coefficient (Wildman–Crippen LogP) is 2.02. The van der Waals surface area contributed by atoms with Gasteiger partial charge in [-0.15, -0.1) is 0 Å². The van der Waals surface area contributed by atoms with Crippen molar-refractivity contribution in [2.45, 2.75) is 33.2 Å². The molecule has 0 amide bonds. The van der Waals surface area contributed by atoms with Crippen LogP contribution in [0.25, 0.3) is 0 Å². The predicted molar refractivity (Wildman–Crippen MR) is 78.4 cm³/mol. The molecule has 19 heavy (non-hydrogen) atoms. The van der Waals surface area contributed by atoms with Crippen molar-refractivity contribution in [1.29, 1.82) is 0 Å². The molecule has 2 N–H and O–H groups in total. The Morgan fingerprint density at radius 2 is 2.16 bits per heavy atom. The highest BCUT2D eigenvalue weighted by atomic mass is 16.5. The van der Waals surface area contributed by atoms with E-state index in [-0.39, 0.29) is 0 Å². The van der Waals surface area contributed by atoms with Gasteiger partial charge < -0.3 is 15.4 Å². The third-order valence-electron chi connectivity index (χ3n) is 3.67. The number of anilines is 1. The van der Waals surface area contributed by atoms with E-state index in [1.54, 1.807) is 0 Å². The number of hydrogen-bond donors (Lipinski definition) is 1. The zero-order valence-corrected chi connectivity index (χ0v) is 12.3. The van der Waals surface area contributed by atoms with Crippen LogP contribution in [0.1, 0.15) is 29.8 Å². The molecule has 0 saturated heterocycles. The number of aryl methyl sites for hydroxylation is 2. The molecule has 0 aliphatic heterocycles. The number of hydrogen-bond acceptors (Lipinski definition) is 4. The van der Waals surface area contributed by atoms with Gasteiger partial charge in [-0.1, -0.05) is 0 Å². The lowest BCUT2D eigenvalue weighted by molar-refractivity contribution is 0.131. The van der Waals surface area contributed by atoms with Gasteiger partial charge in [0.1, 0.15) is 0 Å². The second-order valence-corrected chi connectivity index (χ2v) is 5.49. The first kappa shape index (κ1) is 14.3. The zero-order valence-electron chi connectivity index (χ0n) is 12.3. The van der Waals surface area contributed by atoms with Crippen LogP contribution < -0.4 is 10.6 Å². The molecule has 1 aliphatic carbocycles. The largest absolute Gasteiger partial charge is 0.379 e. The lowest BCUT2D eigenvalue weighted by Gasteiger charge is -2.23. The second kappa shape index (κ2) is 6.35. The molecule has 1 heterocycles. The first-order valence-electron chi connectivity index (χ1n) is 7.08. The Kier molecular flexibility index (Phi) is 4.77. The molecule has 0 unspecified atom stereocenters. The quantitative estimate of drug-likeness (QED) is 0.765. The fourth-order valence-electron chi connectivity index (χ4n) is 2.28. The minimum absolute atomic E-state index is 0.529. The van der Waals surface area contributed by atoms with Gasteiger partial charge in [0.15, 0.2) is 0 Å². The first-order chi connectivity index (χ1) is 9.11. The average molecular weight is 263 g/mol. The van der Waals surface area contributed by atoms with Gasteiger partial charge in [-0.25, -0.2) is 0 Å². The Morgan fingerprint density at radius 1 is 1.42 bits per heavy atom. The molecule has 4 nitrogen and oxygen atoms in total. The molecular formula is C15H25N3O. The van der Waals surface area contributed by atoms with Crippen molar-refractivity contribution in [2.24, 2.45) is 11.7 Å². The van der Waals surface area contributed by atoms with E-state index in [4.69, 9.17) is 10.5 Å². The molecule has 0 atom stereocenters. The smallest absolute Gasteiger partial charge is 0.0641 e. The summed E-state index contributed by atoms with van der Waals surface area (Å²) in [7, 11) is 2.09. The van der Waals surface area contributed by atoms with Gasteiger partial charge in [0.05, 0.1) is 6.61 Å². The van der Waals surface area contributed by atoms with E-state index in [0.717, 1.165) is 42.6 Å². The minimum Gasteiger partial charge on any atom is -0.379 e. The molecule has 0 spiro atoms. The Balaban J connectivity index is 1.94. The van der Waals surface area contributed by atoms with Crippen molar-refractivity contribution in [1.82, 2.24) is 4.98 Å². The number of nitrogens with zero attached hydrogens (tertiary/aromatic N) is 2. The lowest BCUT2D eigenvalue weighted by Crippen LogP contribution is -2.25. The molecule has 0 bridgehead atoms. The van der Waals surface area contributed by atoms with Crippen LogP contribution >= 0.6 is 0 Å². The molecule has 2 rings (SSSR count). The summed E-state index contributed by atoms with van der Waals surface area (Å²) in [6.45, 7) is 7.16. The third kappa shape index (κ3) is 3.91. The van der Waals surface area contributed by atoms with Crippen LogP contribution in [0.5, 0.6) is 0 Å². The molecular weight excluding hydrogens is 238 g/mol. The van der Waals surface area contributed by atoms with Crippen molar-refractivity contribution in [3.8, 4) is 0 Å². The van der Waals surface area contributed by atoms with E-state index in [9.17, 15) is 0 Å². The van der Waals surface area contributed by atoms with Crippen molar-refractivity contribution in [3.05, 3.63) is 23.0 Å². The number of likely N-dealkylation sites (N-methyl/N-ethyl adjacent to an activating group) is 1. The van der Waals surface area contributed by atoms with Gasteiger partial charge in [0.25, 0.3) is 0 Å². The van der Waals surface area contributed by atoms with E-state index >= 15 is 0 Å². The molecule has 4 heteroatoms. The fraction of sp³-hybridized carbons (Fsp3) is 0.667. The summed E-state index contributed by atoms with van der Waals surface area (Å²) in [5.41, 5.74) is 10.2. The van der Waals surface area contributed by atoms with Crippen LogP contribution in [0.3, 0.4) is 0 Å². The van der Waals surface area contributed by atoms with Crippen LogP contribution in [0, 0.1) is 19.8 Å². The highest BCUT2D eigenvalue weighted by Crippen LogP contribution is 2.28. The Bertz CT molecular complexity index is 430. The first-order valence-corrected chi connectivity index (χ1v) is 7.08. The summed E-state index contributed by atoms with van der Waals surface area (Å²) in [6.07, 6.45) is 2.69. The number of aromatic nitrogens is 1. The summed E-state index contributed by atoms with van der Waals surface area (Å²) in [6, 6.07) is 2.11. The van der Waals surface area contributed by atoms with E-state index < -0.39 is 0 Å². The summed E-state index contributed by atoms with van der Waals surface area (Å²) in [4.78, 5) is 6.70. The van der Waals surface area contributed by atoms with Crippen molar-refractivity contribution in [3.63, 3.8) is 0 Å². The minimum atomic E-state index is 0.529. The Morgan fingerprint density at radius 3 is 2.79 bits per heavy atom. The number of pyridine rings is 1. The van der Waals surface area contributed by atoms with Crippen LogP contribution in [0.4, 0.5) is 5.69 Å².